The number of carbonyl (C=O) groups excluding carboxylic acids is 2. The van der Waals surface area contributed by atoms with E-state index in [1.54, 1.807) is 0 Å². The molecule has 0 N–H and O–H groups in total. The second kappa shape index (κ2) is 6.48. The zero-order valence-corrected chi connectivity index (χ0v) is 13.7. The minimum absolute atomic E-state index is 0.000726. The summed E-state index contributed by atoms with van der Waals surface area (Å²) in [6.45, 7) is 7.46. The average molecular weight is 317 g/mol. The number of benzene rings is 1. The number of para-hydroxylation sites is 1. The third-order valence-corrected chi connectivity index (χ3v) is 4.58. The van der Waals surface area contributed by atoms with Gasteiger partial charge >= 0.3 is 6.09 Å². The van der Waals surface area contributed by atoms with Crippen molar-refractivity contribution >= 4 is 17.7 Å². The number of cyclic esters (lactones) is 1. The Bertz CT molecular complexity index is 605. The van der Waals surface area contributed by atoms with Crippen molar-refractivity contribution in [3.8, 4) is 0 Å². The molecule has 2 heterocycles. The summed E-state index contributed by atoms with van der Waals surface area (Å²) in [7, 11) is 0. The fourth-order valence-corrected chi connectivity index (χ4v) is 3.29. The van der Waals surface area contributed by atoms with E-state index in [2.05, 4.69) is 30.9 Å². The summed E-state index contributed by atoms with van der Waals surface area (Å²) in [5, 5.41) is 0. The van der Waals surface area contributed by atoms with Crippen molar-refractivity contribution in [1.29, 1.82) is 0 Å². The highest BCUT2D eigenvalue weighted by Gasteiger charge is 2.31. The Hall–Kier alpha value is -2.24. The van der Waals surface area contributed by atoms with Crippen molar-refractivity contribution in [2.24, 2.45) is 0 Å². The van der Waals surface area contributed by atoms with Crippen molar-refractivity contribution in [3.63, 3.8) is 0 Å². The number of anilines is 1. The fourth-order valence-electron chi connectivity index (χ4n) is 3.29. The van der Waals surface area contributed by atoms with Crippen molar-refractivity contribution < 1.29 is 14.3 Å². The van der Waals surface area contributed by atoms with Gasteiger partial charge in [-0.1, -0.05) is 18.2 Å². The molecule has 0 radical (unpaired) electrons. The summed E-state index contributed by atoms with van der Waals surface area (Å²) < 4.78 is 4.88. The lowest BCUT2D eigenvalue weighted by molar-refractivity contribution is -0.134. The van der Waals surface area contributed by atoms with Gasteiger partial charge in [-0.05, 0) is 25.5 Å². The normalized spacial score (nSPS) is 21.6. The number of piperazine rings is 1. The first-order valence-electron chi connectivity index (χ1n) is 8.08. The van der Waals surface area contributed by atoms with Crippen molar-refractivity contribution in [3.05, 3.63) is 29.8 Å². The molecule has 6 heteroatoms. The van der Waals surface area contributed by atoms with Gasteiger partial charge < -0.3 is 14.5 Å². The van der Waals surface area contributed by atoms with Gasteiger partial charge in [-0.25, -0.2) is 4.79 Å². The number of hydrogen-bond donors (Lipinski definition) is 0. The lowest BCUT2D eigenvalue weighted by Crippen LogP contribution is -2.56. The second-order valence-electron chi connectivity index (χ2n) is 6.20. The van der Waals surface area contributed by atoms with Crippen LogP contribution >= 0.6 is 0 Å². The van der Waals surface area contributed by atoms with E-state index < -0.39 is 0 Å². The summed E-state index contributed by atoms with van der Waals surface area (Å²) in [5.41, 5.74) is 2.48. The summed E-state index contributed by atoms with van der Waals surface area (Å²) >= 11 is 0. The third-order valence-electron chi connectivity index (χ3n) is 4.58. The highest BCUT2D eigenvalue weighted by atomic mass is 16.6. The minimum Gasteiger partial charge on any atom is -0.448 e. The molecule has 1 aromatic carbocycles. The first-order valence-corrected chi connectivity index (χ1v) is 8.08. The molecule has 0 bridgehead atoms. The molecule has 2 saturated heterocycles. The third kappa shape index (κ3) is 3.25. The number of aryl methyl sites for hydroxylation is 1. The molecular weight excluding hydrogens is 294 g/mol. The lowest BCUT2D eigenvalue weighted by Gasteiger charge is -2.41. The van der Waals surface area contributed by atoms with E-state index in [4.69, 9.17) is 4.74 Å². The van der Waals surface area contributed by atoms with Crippen LogP contribution in [0.25, 0.3) is 0 Å². The Morgan fingerprint density at radius 2 is 2.04 bits per heavy atom. The monoisotopic (exact) mass is 317 g/mol. The number of carbonyl (C=O) groups is 2. The van der Waals surface area contributed by atoms with Gasteiger partial charge in [0.1, 0.15) is 13.2 Å². The first-order chi connectivity index (χ1) is 11.1. The Morgan fingerprint density at radius 1 is 1.26 bits per heavy atom. The number of rotatable bonds is 3. The van der Waals surface area contributed by atoms with Gasteiger partial charge in [-0.15, -0.1) is 0 Å². The smallest absolute Gasteiger partial charge is 0.410 e. The van der Waals surface area contributed by atoms with Crippen LogP contribution < -0.4 is 4.90 Å². The molecule has 1 aromatic rings. The Kier molecular flexibility index (Phi) is 4.41. The molecule has 124 valence electrons. The molecule has 2 fully saturated rings. The van der Waals surface area contributed by atoms with Crippen LogP contribution in [0, 0.1) is 6.92 Å². The Balaban J connectivity index is 1.61. The topological polar surface area (TPSA) is 53.1 Å². The van der Waals surface area contributed by atoms with Gasteiger partial charge in [-0.3, -0.25) is 9.69 Å². The van der Waals surface area contributed by atoms with Gasteiger partial charge in [0.2, 0.25) is 5.91 Å². The maximum absolute atomic E-state index is 12.5. The largest absolute Gasteiger partial charge is 0.448 e. The summed E-state index contributed by atoms with van der Waals surface area (Å²) in [6, 6.07) is 8.44. The molecule has 2 aliphatic rings. The average Bonchev–Trinajstić information content (AvgIpc) is 2.92. The van der Waals surface area contributed by atoms with Crippen LogP contribution in [-0.4, -0.2) is 67.2 Å². The molecule has 6 nitrogen and oxygen atoms in total. The van der Waals surface area contributed by atoms with Crippen molar-refractivity contribution in [1.82, 2.24) is 9.80 Å². The number of hydrogen-bond acceptors (Lipinski definition) is 4. The number of amides is 2. The van der Waals surface area contributed by atoms with Crippen LogP contribution in [0.5, 0.6) is 0 Å². The van der Waals surface area contributed by atoms with Crippen molar-refractivity contribution in [2.75, 3.05) is 44.2 Å². The van der Waals surface area contributed by atoms with Gasteiger partial charge in [0.05, 0.1) is 6.54 Å². The molecule has 2 aliphatic heterocycles. The predicted molar refractivity (Wildman–Crippen MR) is 87.5 cm³/mol. The minimum atomic E-state index is -0.385. The van der Waals surface area contributed by atoms with E-state index in [0.29, 0.717) is 19.7 Å². The molecule has 0 saturated carbocycles. The van der Waals surface area contributed by atoms with Gasteiger partial charge in [-0.2, -0.15) is 0 Å². The van der Waals surface area contributed by atoms with Crippen LogP contribution in [-0.2, 0) is 9.53 Å². The Labute approximate surface area is 136 Å². The van der Waals surface area contributed by atoms with E-state index in [9.17, 15) is 9.59 Å². The van der Waals surface area contributed by atoms with Gasteiger partial charge in [0, 0.05) is 31.4 Å². The van der Waals surface area contributed by atoms with Gasteiger partial charge in [0.25, 0.3) is 0 Å². The highest BCUT2D eigenvalue weighted by molar-refractivity contribution is 5.83. The molecule has 1 atom stereocenters. The van der Waals surface area contributed by atoms with Gasteiger partial charge in [0.15, 0.2) is 0 Å². The van der Waals surface area contributed by atoms with E-state index in [1.165, 1.54) is 16.2 Å². The molecule has 0 aromatic heterocycles. The second-order valence-corrected chi connectivity index (χ2v) is 6.20. The first kappa shape index (κ1) is 15.6. The van der Waals surface area contributed by atoms with E-state index in [0.717, 1.165) is 13.1 Å². The maximum Gasteiger partial charge on any atom is 0.410 e. The molecule has 0 spiro atoms. The molecule has 23 heavy (non-hydrogen) atoms. The van der Waals surface area contributed by atoms with Crippen LogP contribution in [0.1, 0.15) is 12.5 Å². The van der Waals surface area contributed by atoms with Crippen LogP contribution in [0.15, 0.2) is 24.3 Å². The number of ether oxygens (including phenoxy) is 1. The fraction of sp³-hybridized carbons (Fsp3) is 0.529. The quantitative estimate of drug-likeness (QED) is 0.847. The zero-order valence-electron chi connectivity index (χ0n) is 13.7. The van der Waals surface area contributed by atoms with Crippen LogP contribution in [0.3, 0.4) is 0 Å². The van der Waals surface area contributed by atoms with E-state index in [-0.39, 0.29) is 24.6 Å². The lowest BCUT2D eigenvalue weighted by atomic mass is 10.1. The standard InChI is InChI=1S/C17H23N3O3/c1-13-5-3-4-6-15(13)18-7-8-20(14(2)11-18)16(21)12-19-9-10-23-17(19)22/h3-6,14H,7-12H2,1-2H3. The molecule has 3 rings (SSSR count). The summed E-state index contributed by atoms with van der Waals surface area (Å²) in [5.74, 6) is 0.000726. The molecule has 1 unspecified atom stereocenters. The summed E-state index contributed by atoms with van der Waals surface area (Å²) in [6.07, 6.45) is -0.385. The van der Waals surface area contributed by atoms with Crippen LogP contribution in [0.2, 0.25) is 0 Å². The zero-order chi connectivity index (χ0) is 16.4. The van der Waals surface area contributed by atoms with Crippen LogP contribution in [0.4, 0.5) is 10.5 Å². The number of nitrogens with zero attached hydrogens (tertiary/aromatic N) is 3. The maximum atomic E-state index is 12.5. The molecular formula is C17H23N3O3. The SMILES string of the molecule is Cc1ccccc1N1CCN(C(=O)CN2CCOC2=O)C(C)C1. The highest BCUT2D eigenvalue weighted by Crippen LogP contribution is 2.23. The Morgan fingerprint density at radius 3 is 2.70 bits per heavy atom. The predicted octanol–water partition coefficient (Wildman–Crippen LogP) is 1.48. The van der Waals surface area contributed by atoms with E-state index >= 15 is 0 Å². The van der Waals surface area contributed by atoms with Crippen molar-refractivity contribution in [2.45, 2.75) is 19.9 Å². The molecule has 2 amide bonds. The molecule has 0 aliphatic carbocycles. The van der Waals surface area contributed by atoms with E-state index in [1.807, 2.05) is 17.0 Å². The summed E-state index contributed by atoms with van der Waals surface area (Å²) in [4.78, 5) is 29.6.